The maximum absolute atomic E-state index is 11.5. The quantitative estimate of drug-likeness (QED) is 0.803. The Morgan fingerprint density at radius 1 is 1.33 bits per heavy atom. The van der Waals surface area contributed by atoms with Crippen LogP contribution >= 0.6 is 0 Å². The van der Waals surface area contributed by atoms with Crippen LogP contribution in [-0.2, 0) is 9.53 Å². The van der Waals surface area contributed by atoms with Crippen LogP contribution in [-0.4, -0.2) is 40.2 Å². The number of hydrogen-bond donors (Lipinski definition) is 2. The summed E-state index contributed by atoms with van der Waals surface area (Å²) in [7, 11) is 1.28. The molecule has 0 radical (unpaired) electrons. The van der Waals surface area contributed by atoms with Crippen molar-refractivity contribution in [3.05, 3.63) is 18.1 Å². The standard InChI is InChI=1S/C14H17N3O4/c1-21-14(20)9-5-15-6-10(16-9)17-12-8-3-2-7(4-8)11(12)13(18)19/h5-8,11-12H,2-4H2,1H3,(H,16,17)(H,18,19). The summed E-state index contributed by atoms with van der Waals surface area (Å²) < 4.78 is 4.61. The SMILES string of the molecule is COC(=O)c1cncc(NC2C3CCC(C3)C2C(=O)O)n1. The van der Waals surface area contributed by atoms with E-state index in [4.69, 9.17) is 0 Å². The maximum atomic E-state index is 11.5. The lowest BCUT2D eigenvalue weighted by Gasteiger charge is -2.29. The van der Waals surface area contributed by atoms with E-state index in [9.17, 15) is 14.7 Å². The largest absolute Gasteiger partial charge is 0.481 e. The minimum absolute atomic E-state index is 0.109. The Hall–Kier alpha value is -2.18. The molecule has 21 heavy (non-hydrogen) atoms. The van der Waals surface area contributed by atoms with Crippen LogP contribution in [0.25, 0.3) is 0 Å². The zero-order chi connectivity index (χ0) is 15.0. The molecule has 7 nitrogen and oxygen atoms in total. The Morgan fingerprint density at radius 2 is 2.10 bits per heavy atom. The normalized spacial score (nSPS) is 30.1. The van der Waals surface area contributed by atoms with Gasteiger partial charge in [-0.05, 0) is 31.1 Å². The first-order chi connectivity index (χ1) is 10.1. The van der Waals surface area contributed by atoms with E-state index < -0.39 is 17.9 Å². The van der Waals surface area contributed by atoms with E-state index in [0.717, 1.165) is 19.3 Å². The molecular formula is C14H17N3O4. The summed E-state index contributed by atoms with van der Waals surface area (Å²) in [6.45, 7) is 0. The van der Waals surface area contributed by atoms with E-state index >= 15 is 0 Å². The lowest BCUT2D eigenvalue weighted by atomic mass is 9.84. The van der Waals surface area contributed by atoms with Crippen LogP contribution in [0.5, 0.6) is 0 Å². The molecular weight excluding hydrogens is 274 g/mol. The van der Waals surface area contributed by atoms with E-state index in [-0.39, 0.29) is 17.7 Å². The first-order valence-electron chi connectivity index (χ1n) is 7.00. The number of carboxylic acid groups (broad SMARTS) is 1. The van der Waals surface area contributed by atoms with Crippen molar-refractivity contribution in [1.82, 2.24) is 9.97 Å². The number of carboxylic acids is 1. The number of aromatic nitrogens is 2. The second kappa shape index (κ2) is 5.31. The number of esters is 1. The van der Waals surface area contributed by atoms with Gasteiger partial charge in [0.1, 0.15) is 5.82 Å². The highest BCUT2D eigenvalue weighted by Gasteiger charge is 2.51. The van der Waals surface area contributed by atoms with Crippen molar-refractivity contribution >= 4 is 17.8 Å². The van der Waals surface area contributed by atoms with Crippen molar-refractivity contribution in [1.29, 1.82) is 0 Å². The van der Waals surface area contributed by atoms with Crippen molar-refractivity contribution < 1.29 is 19.4 Å². The summed E-state index contributed by atoms with van der Waals surface area (Å²) in [4.78, 5) is 31.0. The van der Waals surface area contributed by atoms with Crippen LogP contribution in [0, 0.1) is 17.8 Å². The van der Waals surface area contributed by atoms with Gasteiger partial charge in [-0.25, -0.2) is 9.78 Å². The van der Waals surface area contributed by atoms with E-state index in [1.54, 1.807) is 0 Å². The maximum Gasteiger partial charge on any atom is 0.358 e. The van der Waals surface area contributed by atoms with Gasteiger partial charge in [0.05, 0.1) is 25.4 Å². The van der Waals surface area contributed by atoms with Gasteiger partial charge in [0.15, 0.2) is 5.69 Å². The summed E-state index contributed by atoms with van der Waals surface area (Å²) in [6.07, 6.45) is 5.78. The first-order valence-corrected chi connectivity index (χ1v) is 7.00. The molecule has 112 valence electrons. The fourth-order valence-electron chi connectivity index (χ4n) is 3.66. The number of nitrogens with zero attached hydrogens (tertiary/aromatic N) is 2. The number of anilines is 1. The third kappa shape index (κ3) is 2.43. The van der Waals surface area contributed by atoms with Crippen LogP contribution in [0.3, 0.4) is 0 Å². The molecule has 0 saturated heterocycles. The van der Waals surface area contributed by atoms with Crippen molar-refractivity contribution in [2.24, 2.45) is 17.8 Å². The van der Waals surface area contributed by atoms with Gasteiger partial charge in [-0.15, -0.1) is 0 Å². The molecule has 2 saturated carbocycles. The van der Waals surface area contributed by atoms with Crippen LogP contribution in [0.2, 0.25) is 0 Å². The van der Waals surface area contributed by atoms with Gasteiger partial charge in [0, 0.05) is 6.04 Å². The van der Waals surface area contributed by atoms with Crippen LogP contribution < -0.4 is 5.32 Å². The lowest BCUT2D eigenvalue weighted by molar-refractivity contribution is -0.143. The molecule has 4 atom stereocenters. The molecule has 2 N–H and O–H groups in total. The molecule has 0 spiro atoms. The molecule has 2 aliphatic rings. The average molecular weight is 291 g/mol. The molecule has 7 heteroatoms. The molecule has 1 aromatic heterocycles. The number of aliphatic carboxylic acids is 1. The Bertz CT molecular complexity index is 577. The minimum atomic E-state index is -0.767. The molecule has 2 fully saturated rings. The Morgan fingerprint density at radius 3 is 2.81 bits per heavy atom. The Labute approximate surface area is 121 Å². The third-order valence-corrected chi connectivity index (χ3v) is 4.55. The zero-order valence-electron chi connectivity index (χ0n) is 11.7. The monoisotopic (exact) mass is 291 g/mol. The molecule has 0 aliphatic heterocycles. The second-order valence-electron chi connectivity index (χ2n) is 5.65. The predicted molar refractivity (Wildman–Crippen MR) is 72.7 cm³/mol. The highest BCUT2D eigenvalue weighted by molar-refractivity contribution is 5.87. The van der Waals surface area contributed by atoms with Crippen LogP contribution in [0.15, 0.2) is 12.4 Å². The lowest BCUT2D eigenvalue weighted by Crippen LogP contribution is -2.39. The van der Waals surface area contributed by atoms with Gasteiger partial charge >= 0.3 is 11.9 Å². The smallest absolute Gasteiger partial charge is 0.358 e. The number of rotatable bonds is 4. The Balaban J connectivity index is 1.80. The van der Waals surface area contributed by atoms with Crippen molar-refractivity contribution in [3.8, 4) is 0 Å². The summed E-state index contributed by atoms with van der Waals surface area (Å²) in [6, 6.07) is -0.150. The highest BCUT2D eigenvalue weighted by atomic mass is 16.5. The fourth-order valence-corrected chi connectivity index (χ4v) is 3.66. The molecule has 0 aromatic carbocycles. The summed E-state index contributed by atoms with van der Waals surface area (Å²) in [5.74, 6) is -0.721. The van der Waals surface area contributed by atoms with Gasteiger partial charge in [0.2, 0.25) is 0 Å². The number of methoxy groups -OCH3 is 1. The van der Waals surface area contributed by atoms with E-state index in [2.05, 4.69) is 20.0 Å². The van der Waals surface area contributed by atoms with Gasteiger partial charge < -0.3 is 15.2 Å². The Kier molecular flexibility index (Phi) is 3.48. The van der Waals surface area contributed by atoms with Crippen LogP contribution in [0.1, 0.15) is 29.8 Å². The summed E-state index contributed by atoms with van der Waals surface area (Å²) in [5.41, 5.74) is 0.109. The number of fused-ring (bicyclic) bond motifs is 2. The zero-order valence-corrected chi connectivity index (χ0v) is 11.7. The molecule has 1 aromatic rings. The average Bonchev–Trinajstić information content (AvgIpc) is 3.07. The van der Waals surface area contributed by atoms with Crippen LogP contribution in [0.4, 0.5) is 5.82 Å². The van der Waals surface area contributed by atoms with Gasteiger partial charge in [-0.2, -0.15) is 0 Å². The van der Waals surface area contributed by atoms with E-state index in [0.29, 0.717) is 11.7 Å². The summed E-state index contributed by atoms with van der Waals surface area (Å²) in [5, 5.41) is 12.6. The highest BCUT2D eigenvalue weighted by Crippen LogP contribution is 2.49. The topological polar surface area (TPSA) is 101 Å². The summed E-state index contributed by atoms with van der Waals surface area (Å²) >= 11 is 0. The number of nitrogens with one attached hydrogen (secondary N) is 1. The predicted octanol–water partition coefficient (Wildman–Crippen LogP) is 1.17. The van der Waals surface area contributed by atoms with Gasteiger partial charge in [0.25, 0.3) is 0 Å². The molecule has 4 unspecified atom stereocenters. The van der Waals surface area contributed by atoms with E-state index in [1.807, 2.05) is 0 Å². The fraction of sp³-hybridized carbons (Fsp3) is 0.571. The molecule has 2 aliphatic carbocycles. The molecule has 3 rings (SSSR count). The number of ether oxygens (including phenoxy) is 1. The number of carbonyl (C=O) groups excluding carboxylic acids is 1. The molecule has 0 amide bonds. The second-order valence-corrected chi connectivity index (χ2v) is 5.65. The minimum Gasteiger partial charge on any atom is -0.481 e. The molecule has 2 bridgehead atoms. The van der Waals surface area contributed by atoms with Crippen molar-refractivity contribution in [2.75, 3.05) is 12.4 Å². The number of hydrogen-bond acceptors (Lipinski definition) is 6. The van der Waals surface area contributed by atoms with E-state index in [1.165, 1.54) is 19.5 Å². The first kappa shape index (κ1) is 13.8. The van der Waals surface area contributed by atoms with Gasteiger partial charge in [-0.3, -0.25) is 9.78 Å². The third-order valence-electron chi connectivity index (χ3n) is 4.55. The van der Waals surface area contributed by atoms with Gasteiger partial charge in [-0.1, -0.05) is 0 Å². The van der Waals surface area contributed by atoms with Crippen molar-refractivity contribution in [3.63, 3.8) is 0 Å². The molecule has 1 heterocycles. The van der Waals surface area contributed by atoms with Crippen molar-refractivity contribution in [2.45, 2.75) is 25.3 Å². The number of carbonyl (C=O) groups is 2.